The average Bonchev–Trinajstić information content (AvgIpc) is 2.45. The summed E-state index contributed by atoms with van der Waals surface area (Å²) in [5.74, 6) is 0. The predicted molar refractivity (Wildman–Crippen MR) is 80.1 cm³/mol. The molecule has 2 N–H and O–H groups in total. The number of pyridine rings is 1. The molecule has 0 aliphatic rings. The Morgan fingerprint density at radius 1 is 1.05 bits per heavy atom. The van der Waals surface area contributed by atoms with Gasteiger partial charge in [0, 0.05) is 6.54 Å². The number of benzene rings is 1. The average molecular weight is 256 g/mol. The molecule has 100 valence electrons. The first-order chi connectivity index (χ1) is 9.24. The molecule has 0 bridgehead atoms. The lowest BCUT2D eigenvalue weighted by Crippen LogP contribution is -2.24. The van der Waals surface area contributed by atoms with Crippen molar-refractivity contribution in [3.05, 3.63) is 52.8 Å². The third-order valence-corrected chi connectivity index (χ3v) is 3.26. The van der Waals surface area contributed by atoms with Crippen LogP contribution in [0.1, 0.15) is 26.2 Å². The van der Waals surface area contributed by atoms with Crippen LogP contribution in [0.2, 0.25) is 0 Å². The first-order valence-electron chi connectivity index (χ1n) is 6.78. The van der Waals surface area contributed by atoms with Gasteiger partial charge < -0.3 is 10.3 Å². The lowest BCUT2D eigenvalue weighted by Gasteiger charge is -2.13. The van der Waals surface area contributed by atoms with Gasteiger partial charge in [-0.15, -0.1) is 0 Å². The zero-order valence-electron chi connectivity index (χ0n) is 11.3. The van der Waals surface area contributed by atoms with Gasteiger partial charge in [0.05, 0.1) is 11.4 Å². The van der Waals surface area contributed by atoms with Crippen molar-refractivity contribution < 1.29 is 0 Å². The maximum absolute atomic E-state index is 12.2. The molecule has 19 heavy (non-hydrogen) atoms. The van der Waals surface area contributed by atoms with E-state index in [-0.39, 0.29) is 5.56 Å². The number of nitrogen functional groups attached to an aromatic ring is 1. The summed E-state index contributed by atoms with van der Waals surface area (Å²) in [5.41, 5.74) is 7.96. The van der Waals surface area contributed by atoms with Gasteiger partial charge in [-0.1, -0.05) is 50.1 Å². The van der Waals surface area contributed by atoms with Gasteiger partial charge in [-0.25, -0.2) is 0 Å². The summed E-state index contributed by atoms with van der Waals surface area (Å²) >= 11 is 0. The Bertz CT molecular complexity index is 587. The molecule has 0 spiro atoms. The smallest absolute Gasteiger partial charge is 0.274 e. The van der Waals surface area contributed by atoms with Crippen LogP contribution in [-0.2, 0) is 6.54 Å². The van der Waals surface area contributed by atoms with E-state index in [2.05, 4.69) is 6.92 Å². The lowest BCUT2D eigenvalue weighted by atomic mass is 10.1. The molecule has 2 aromatic rings. The van der Waals surface area contributed by atoms with Crippen molar-refractivity contribution in [2.45, 2.75) is 32.7 Å². The van der Waals surface area contributed by atoms with E-state index < -0.39 is 0 Å². The highest BCUT2D eigenvalue weighted by atomic mass is 16.1. The summed E-state index contributed by atoms with van der Waals surface area (Å²) in [6.07, 6.45) is 3.26. The normalized spacial score (nSPS) is 10.6. The standard InChI is InChI=1S/C16H20N2O/c1-2-3-7-12-18-15(11-10-14(17)16(18)19)13-8-5-4-6-9-13/h4-6,8-11H,2-3,7,12,17H2,1H3. The molecule has 0 atom stereocenters. The van der Waals surface area contributed by atoms with Crippen LogP contribution in [0.5, 0.6) is 0 Å². The molecular formula is C16H20N2O. The van der Waals surface area contributed by atoms with Crippen molar-refractivity contribution in [3.63, 3.8) is 0 Å². The molecule has 0 aliphatic carbocycles. The van der Waals surface area contributed by atoms with E-state index in [1.54, 1.807) is 10.6 Å². The van der Waals surface area contributed by atoms with Gasteiger partial charge in [0.2, 0.25) is 0 Å². The highest BCUT2D eigenvalue weighted by Crippen LogP contribution is 2.19. The maximum Gasteiger partial charge on any atom is 0.274 e. The van der Waals surface area contributed by atoms with Crippen LogP contribution in [-0.4, -0.2) is 4.57 Å². The van der Waals surface area contributed by atoms with Gasteiger partial charge >= 0.3 is 0 Å². The molecule has 0 amide bonds. The van der Waals surface area contributed by atoms with E-state index in [0.29, 0.717) is 5.69 Å². The Kier molecular flexibility index (Phi) is 4.39. The SMILES string of the molecule is CCCCCn1c(-c2ccccc2)ccc(N)c1=O. The number of aromatic nitrogens is 1. The second-order valence-electron chi connectivity index (χ2n) is 4.70. The zero-order valence-corrected chi connectivity index (χ0v) is 11.3. The first kappa shape index (κ1) is 13.4. The number of hydrogen-bond acceptors (Lipinski definition) is 2. The van der Waals surface area contributed by atoms with E-state index in [9.17, 15) is 4.79 Å². The fourth-order valence-corrected chi connectivity index (χ4v) is 2.20. The van der Waals surface area contributed by atoms with Crippen molar-refractivity contribution in [1.82, 2.24) is 4.57 Å². The molecule has 1 aromatic carbocycles. The minimum atomic E-state index is -0.0857. The second-order valence-corrected chi connectivity index (χ2v) is 4.70. The van der Waals surface area contributed by atoms with Gasteiger partial charge in [-0.3, -0.25) is 4.79 Å². The Hall–Kier alpha value is -2.03. The van der Waals surface area contributed by atoms with Crippen molar-refractivity contribution in [3.8, 4) is 11.3 Å². The topological polar surface area (TPSA) is 48.0 Å². The van der Waals surface area contributed by atoms with Crippen molar-refractivity contribution in [1.29, 1.82) is 0 Å². The van der Waals surface area contributed by atoms with E-state index in [0.717, 1.165) is 37.1 Å². The molecule has 3 nitrogen and oxygen atoms in total. The second kappa shape index (κ2) is 6.23. The summed E-state index contributed by atoms with van der Waals surface area (Å²) in [4.78, 5) is 12.2. The molecule has 2 rings (SSSR count). The van der Waals surface area contributed by atoms with Crippen molar-refractivity contribution in [2.24, 2.45) is 0 Å². The van der Waals surface area contributed by atoms with Gasteiger partial charge in [0.25, 0.3) is 5.56 Å². The Balaban J connectivity index is 2.43. The number of anilines is 1. The summed E-state index contributed by atoms with van der Waals surface area (Å²) in [6.45, 7) is 2.88. The summed E-state index contributed by atoms with van der Waals surface area (Å²) < 4.78 is 1.79. The monoisotopic (exact) mass is 256 g/mol. The van der Waals surface area contributed by atoms with E-state index >= 15 is 0 Å². The lowest BCUT2D eigenvalue weighted by molar-refractivity contribution is 0.593. The number of nitrogens with two attached hydrogens (primary N) is 1. The summed E-state index contributed by atoms with van der Waals surface area (Å²) in [6, 6.07) is 13.6. The van der Waals surface area contributed by atoms with Gasteiger partial charge in [0.1, 0.15) is 0 Å². The number of nitrogens with zero attached hydrogens (tertiary/aromatic N) is 1. The predicted octanol–water partition coefficient (Wildman–Crippen LogP) is 3.29. The Labute approximate surface area is 113 Å². The van der Waals surface area contributed by atoms with E-state index in [1.807, 2.05) is 36.4 Å². The van der Waals surface area contributed by atoms with Crippen LogP contribution < -0.4 is 11.3 Å². The Morgan fingerprint density at radius 2 is 1.79 bits per heavy atom. The highest BCUT2D eigenvalue weighted by Gasteiger charge is 2.08. The fraction of sp³-hybridized carbons (Fsp3) is 0.312. The molecule has 0 radical (unpaired) electrons. The Morgan fingerprint density at radius 3 is 2.47 bits per heavy atom. The number of rotatable bonds is 5. The van der Waals surface area contributed by atoms with E-state index in [1.165, 1.54) is 0 Å². The van der Waals surface area contributed by atoms with Gasteiger partial charge in [-0.2, -0.15) is 0 Å². The van der Waals surface area contributed by atoms with Crippen LogP contribution in [0.3, 0.4) is 0 Å². The van der Waals surface area contributed by atoms with Gasteiger partial charge in [-0.05, 0) is 24.1 Å². The number of unbranched alkanes of at least 4 members (excludes halogenated alkanes) is 2. The van der Waals surface area contributed by atoms with Crippen LogP contribution in [0.4, 0.5) is 5.69 Å². The van der Waals surface area contributed by atoms with Crippen LogP contribution in [0.15, 0.2) is 47.3 Å². The molecular weight excluding hydrogens is 236 g/mol. The molecule has 3 heteroatoms. The zero-order chi connectivity index (χ0) is 13.7. The van der Waals surface area contributed by atoms with E-state index in [4.69, 9.17) is 5.73 Å². The largest absolute Gasteiger partial charge is 0.394 e. The number of hydrogen-bond donors (Lipinski definition) is 1. The molecule has 0 saturated carbocycles. The quantitative estimate of drug-likeness (QED) is 0.834. The summed E-state index contributed by atoms with van der Waals surface area (Å²) in [7, 11) is 0. The van der Waals surface area contributed by atoms with Crippen LogP contribution in [0.25, 0.3) is 11.3 Å². The molecule has 1 heterocycles. The molecule has 0 fully saturated rings. The van der Waals surface area contributed by atoms with Crippen LogP contribution in [0, 0.1) is 0 Å². The van der Waals surface area contributed by atoms with Gasteiger partial charge in [0.15, 0.2) is 0 Å². The first-order valence-corrected chi connectivity index (χ1v) is 6.78. The maximum atomic E-state index is 12.2. The van der Waals surface area contributed by atoms with Crippen molar-refractivity contribution in [2.75, 3.05) is 5.73 Å². The minimum absolute atomic E-state index is 0.0857. The van der Waals surface area contributed by atoms with Crippen LogP contribution >= 0.6 is 0 Å². The fourth-order valence-electron chi connectivity index (χ4n) is 2.20. The highest BCUT2D eigenvalue weighted by molar-refractivity contribution is 5.61. The minimum Gasteiger partial charge on any atom is -0.394 e. The molecule has 0 unspecified atom stereocenters. The third-order valence-electron chi connectivity index (χ3n) is 3.26. The summed E-state index contributed by atoms with van der Waals surface area (Å²) in [5, 5.41) is 0. The third kappa shape index (κ3) is 3.05. The molecule has 1 aromatic heterocycles. The molecule has 0 saturated heterocycles. The molecule has 0 aliphatic heterocycles. The van der Waals surface area contributed by atoms with Crippen molar-refractivity contribution >= 4 is 5.69 Å².